The number of nitro groups is 1. The Morgan fingerprint density at radius 2 is 1.91 bits per heavy atom. The third-order valence-electron chi connectivity index (χ3n) is 4.57. The summed E-state index contributed by atoms with van der Waals surface area (Å²) < 4.78 is 0. The van der Waals surface area contributed by atoms with Crippen LogP contribution in [0.1, 0.15) is 36.0 Å². The molecule has 0 bridgehead atoms. The van der Waals surface area contributed by atoms with Gasteiger partial charge in [-0.15, -0.1) is 0 Å². The van der Waals surface area contributed by atoms with Crippen molar-refractivity contribution in [2.24, 2.45) is 0 Å². The molecule has 23 heavy (non-hydrogen) atoms. The predicted molar refractivity (Wildman–Crippen MR) is 87.7 cm³/mol. The van der Waals surface area contributed by atoms with Crippen LogP contribution in [-0.2, 0) is 0 Å². The lowest BCUT2D eigenvalue weighted by Crippen LogP contribution is -2.43. The first-order valence-corrected chi connectivity index (χ1v) is 8.10. The molecule has 7 heteroatoms. The van der Waals surface area contributed by atoms with Gasteiger partial charge in [0.1, 0.15) is 5.69 Å². The molecule has 2 N–H and O–H groups in total. The second-order valence-electron chi connectivity index (χ2n) is 6.26. The molecule has 1 aliphatic heterocycles. The van der Waals surface area contributed by atoms with E-state index in [2.05, 4.69) is 10.6 Å². The summed E-state index contributed by atoms with van der Waals surface area (Å²) in [6, 6.07) is 5.51. The van der Waals surface area contributed by atoms with Crippen LogP contribution in [0.25, 0.3) is 0 Å². The van der Waals surface area contributed by atoms with Gasteiger partial charge in [-0.3, -0.25) is 14.9 Å². The van der Waals surface area contributed by atoms with Gasteiger partial charge in [0, 0.05) is 36.8 Å². The van der Waals surface area contributed by atoms with Crippen LogP contribution in [-0.4, -0.2) is 48.0 Å². The fourth-order valence-electron chi connectivity index (χ4n) is 2.94. The van der Waals surface area contributed by atoms with Crippen molar-refractivity contribution < 1.29 is 9.72 Å². The molecule has 1 aromatic rings. The Balaban J connectivity index is 1.75. The topological polar surface area (TPSA) is 87.5 Å². The van der Waals surface area contributed by atoms with Gasteiger partial charge in [0.05, 0.1) is 4.92 Å². The van der Waals surface area contributed by atoms with Crippen molar-refractivity contribution in [2.75, 3.05) is 25.5 Å². The minimum Gasteiger partial charge on any atom is -0.377 e. The van der Waals surface area contributed by atoms with Crippen molar-refractivity contribution in [2.45, 2.75) is 37.8 Å². The molecule has 1 aromatic carbocycles. The summed E-state index contributed by atoms with van der Waals surface area (Å²) >= 11 is 0. The highest BCUT2D eigenvalue weighted by Crippen LogP contribution is 2.32. The Bertz CT molecular complexity index is 607. The number of amides is 1. The van der Waals surface area contributed by atoms with Gasteiger partial charge < -0.3 is 15.5 Å². The van der Waals surface area contributed by atoms with Crippen LogP contribution in [0.4, 0.5) is 11.4 Å². The second-order valence-corrected chi connectivity index (χ2v) is 6.26. The highest BCUT2D eigenvalue weighted by molar-refractivity contribution is 5.95. The van der Waals surface area contributed by atoms with Crippen molar-refractivity contribution in [3.8, 4) is 0 Å². The molecule has 3 rings (SSSR count). The quantitative estimate of drug-likeness (QED) is 0.640. The molecule has 1 amide bonds. The third-order valence-corrected chi connectivity index (χ3v) is 4.57. The van der Waals surface area contributed by atoms with Crippen LogP contribution in [0.15, 0.2) is 18.2 Å². The molecular weight excluding hydrogens is 296 g/mol. The summed E-state index contributed by atoms with van der Waals surface area (Å²) in [6.45, 7) is 1.36. The fourth-order valence-corrected chi connectivity index (χ4v) is 2.94. The average Bonchev–Trinajstić information content (AvgIpc) is 3.38. The SMILES string of the molecule is CNC1CCN(C(=O)c2ccc(NC3CC3)c([N+](=O)[O-])c2)CC1. The summed E-state index contributed by atoms with van der Waals surface area (Å²) in [6.07, 6.45) is 3.90. The molecule has 0 radical (unpaired) electrons. The molecule has 1 heterocycles. The van der Waals surface area contributed by atoms with Crippen LogP contribution in [0.5, 0.6) is 0 Å². The summed E-state index contributed by atoms with van der Waals surface area (Å²) in [7, 11) is 1.93. The number of nitro benzene ring substituents is 1. The van der Waals surface area contributed by atoms with Crippen molar-refractivity contribution in [1.29, 1.82) is 0 Å². The van der Waals surface area contributed by atoms with Crippen LogP contribution >= 0.6 is 0 Å². The molecule has 1 aliphatic carbocycles. The first-order chi connectivity index (χ1) is 11.1. The Kier molecular flexibility index (Phi) is 4.47. The van der Waals surface area contributed by atoms with E-state index in [-0.39, 0.29) is 11.6 Å². The number of carbonyl (C=O) groups is 1. The van der Waals surface area contributed by atoms with E-state index in [4.69, 9.17) is 0 Å². The highest BCUT2D eigenvalue weighted by Gasteiger charge is 2.27. The summed E-state index contributed by atoms with van der Waals surface area (Å²) in [4.78, 5) is 25.2. The van der Waals surface area contributed by atoms with E-state index in [1.807, 2.05) is 7.05 Å². The summed E-state index contributed by atoms with van der Waals surface area (Å²) in [5, 5.41) is 17.7. The molecule has 2 fully saturated rings. The molecule has 0 atom stereocenters. The van der Waals surface area contributed by atoms with Gasteiger partial charge in [0.15, 0.2) is 0 Å². The van der Waals surface area contributed by atoms with Crippen LogP contribution in [0.2, 0.25) is 0 Å². The predicted octanol–water partition coefficient (Wildman–Crippen LogP) is 1.99. The number of hydrogen-bond acceptors (Lipinski definition) is 5. The van der Waals surface area contributed by atoms with Gasteiger partial charge in [-0.2, -0.15) is 0 Å². The van der Waals surface area contributed by atoms with Gasteiger partial charge in [-0.1, -0.05) is 0 Å². The molecule has 0 aromatic heterocycles. The van der Waals surface area contributed by atoms with Crippen LogP contribution in [0.3, 0.4) is 0 Å². The second kappa shape index (κ2) is 6.54. The number of piperidine rings is 1. The number of rotatable bonds is 5. The van der Waals surface area contributed by atoms with Crippen molar-refractivity contribution in [3.63, 3.8) is 0 Å². The lowest BCUT2D eigenvalue weighted by atomic mass is 10.0. The number of likely N-dealkylation sites (tertiary alicyclic amines) is 1. The van der Waals surface area contributed by atoms with Gasteiger partial charge in [0.2, 0.25) is 0 Å². The highest BCUT2D eigenvalue weighted by atomic mass is 16.6. The van der Waals surface area contributed by atoms with E-state index in [1.165, 1.54) is 6.07 Å². The van der Waals surface area contributed by atoms with E-state index in [1.54, 1.807) is 17.0 Å². The Morgan fingerprint density at radius 1 is 1.22 bits per heavy atom. The molecule has 7 nitrogen and oxygen atoms in total. The van der Waals surface area contributed by atoms with Crippen molar-refractivity contribution in [1.82, 2.24) is 10.2 Å². The molecule has 0 spiro atoms. The van der Waals surface area contributed by atoms with Crippen molar-refractivity contribution in [3.05, 3.63) is 33.9 Å². The maximum absolute atomic E-state index is 12.6. The van der Waals surface area contributed by atoms with Gasteiger partial charge in [0.25, 0.3) is 11.6 Å². The number of benzene rings is 1. The average molecular weight is 318 g/mol. The summed E-state index contributed by atoms with van der Waals surface area (Å²) in [5.41, 5.74) is 0.872. The smallest absolute Gasteiger partial charge is 0.293 e. The Labute approximate surface area is 135 Å². The van der Waals surface area contributed by atoms with E-state index < -0.39 is 4.92 Å². The number of nitrogens with one attached hydrogen (secondary N) is 2. The zero-order valence-electron chi connectivity index (χ0n) is 13.2. The maximum atomic E-state index is 12.6. The molecule has 0 unspecified atom stereocenters. The molecule has 124 valence electrons. The maximum Gasteiger partial charge on any atom is 0.293 e. The van der Waals surface area contributed by atoms with Crippen molar-refractivity contribution >= 4 is 17.3 Å². The molecule has 1 saturated carbocycles. The molecular formula is C16H22N4O3. The number of anilines is 1. The lowest BCUT2D eigenvalue weighted by Gasteiger charge is -2.31. The standard InChI is InChI=1S/C16H22N4O3/c1-17-12-6-8-19(9-7-12)16(21)11-2-5-14(18-13-3-4-13)15(10-11)20(22)23/h2,5,10,12-13,17-18H,3-4,6-9H2,1H3. The van der Waals surface area contributed by atoms with Crippen LogP contribution < -0.4 is 10.6 Å². The Hall–Kier alpha value is -2.15. The van der Waals surface area contributed by atoms with E-state index in [0.717, 1.165) is 25.7 Å². The third kappa shape index (κ3) is 3.61. The molecule has 2 aliphatic rings. The zero-order chi connectivity index (χ0) is 16.4. The van der Waals surface area contributed by atoms with Gasteiger partial charge >= 0.3 is 0 Å². The zero-order valence-corrected chi connectivity index (χ0v) is 13.2. The number of nitrogens with zero attached hydrogens (tertiary/aromatic N) is 2. The fraction of sp³-hybridized carbons (Fsp3) is 0.562. The minimum atomic E-state index is -0.422. The van der Waals surface area contributed by atoms with E-state index in [0.29, 0.717) is 36.4 Å². The van der Waals surface area contributed by atoms with E-state index in [9.17, 15) is 14.9 Å². The lowest BCUT2D eigenvalue weighted by molar-refractivity contribution is -0.384. The first kappa shape index (κ1) is 15.7. The first-order valence-electron chi connectivity index (χ1n) is 8.10. The van der Waals surface area contributed by atoms with E-state index >= 15 is 0 Å². The number of carbonyl (C=O) groups excluding carboxylic acids is 1. The number of hydrogen-bond donors (Lipinski definition) is 2. The normalized spacial score (nSPS) is 18.7. The summed E-state index contributed by atoms with van der Waals surface area (Å²) in [5.74, 6) is -0.124. The van der Waals surface area contributed by atoms with Crippen LogP contribution in [0, 0.1) is 10.1 Å². The largest absolute Gasteiger partial charge is 0.377 e. The monoisotopic (exact) mass is 318 g/mol. The van der Waals surface area contributed by atoms with Gasteiger partial charge in [-0.05, 0) is 44.9 Å². The minimum absolute atomic E-state index is 0.0205. The Morgan fingerprint density at radius 3 is 2.48 bits per heavy atom. The van der Waals surface area contributed by atoms with Gasteiger partial charge in [-0.25, -0.2) is 0 Å². The molecule has 1 saturated heterocycles.